The lowest BCUT2D eigenvalue weighted by Gasteiger charge is -2.13. The van der Waals surface area contributed by atoms with Crippen molar-refractivity contribution in [2.24, 2.45) is 0 Å². The largest absolute Gasteiger partial charge is 0.444 e. The maximum atomic E-state index is 10.1. The summed E-state index contributed by atoms with van der Waals surface area (Å²) in [5.41, 5.74) is 2.27. The number of hydrogen-bond acceptors (Lipinski definition) is 2. The molecule has 1 aromatic heterocycles. The van der Waals surface area contributed by atoms with Crippen molar-refractivity contribution in [2.45, 2.75) is 27.0 Å². The van der Waals surface area contributed by atoms with E-state index in [0.717, 1.165) is 5.69 Å². The van der Waals surface area contributed by atoms with Gasteiger partial charge in [0, 0.05) is 11.9 Å². The molecule has 1 rings (SSSR count). The van der Waals surface area contributed by atoms with Gasteiger partial charge in [0.15, 0.2) is 6.23 Å². The Morgan fingerprint density at radius 3 is 2.67 bits per heavy atom. The molecule has 1 atom stereocenters. The Hall–Kier alpha value is -1.25. The number of hydrogen-bond donors (Lipinski definition) is 0. The number of carbonyl (C=O) groups excluding carboxylic acids is 1. The summed E-state index contributed by atoms with van der Waals surface area (Å²) in [5, 5.41) is 0. The topological polar surface area (TPSA) is 31.2 Å². The summed E-state index contributed by atoms with van der Waals surface area (Å²) < 4.78 is 6.72. The zero-order chi connectivity index (χ0) is 9.14. The fourth-order valence-electron chi connectivity index (χ4n) is 1.30. The van der Waals surface area contributed by atoms with Crippen LogP contribution in [-0.4, -0.2) is 11.0 Å². The Balaban J connectivity index is 2.85. The van der Waals surface area contributed by atoms with Gasteiger partial charge in [-0.15, -0.1) is 0 Å². The van der Waals surface area contributed by atoms with Crippen molar-refractivity contribution < 1.29 is 9.53 Å². The third-order valence-corrected chi connectivity index (χ3v) is 1.83. The molecule has 0 saturated heterocycles. The highest BCUT2D eigenvalue weighted by molar-refractivity contribution is 5.37. The molecule has 0 aliphatic heterocycles. The fourth-order valence-corrected chi connectivity index (χ4v) is 1.30. The Morgan fingerprint density at radius 2 is 2.25 bits per heavy atom. The molecule has 1 heterocycles. The second-order valence-electron chi connectivity index (χ2n) is 2.90. The summed E-state index contributed by atoms with van der Waals surface area (Å²) in [6.45, 7) is 6.30. The number of nitrogens with zero attached hydrogens (tertiary/aromatic N) is 1. The third kappa shape index (κ3) is 1.67. The van der Waals surface area contributed by atoms with Gasteiger partial charge in [-0.2, -0.15) is 0 Å². The van der Waals surface area contributed by atoms with Gasteiger partial charge in [-0.25, -0.2) is 0 Å². The van der Waals surface area contributed by atoms with E-state index in [9.17, 15) is 4.79 Å². The normalized spacial score (nSPS) is 12.6. The molecule has 0 bridgehead atoms. The van der Waals surface area contributed by atoms with E-state index in [4.69, 9.17) is 4.74 Å². The van der Waals surface area contributed by atoms with Crippen LogP contribution < -0.4 is 0 Å². The van der Waals surface area contributed by atoms with Crippen LogP contribution in [0.25, 0.3) is 0 Å². The molecule has 3 nitrogen and oxygen atoms in total. The standard InChI is InChI=1S/C9H13NO2/c1-7-4-8(2)10(5-7)9(3)12-6-11/h4-6,9H,1-3H3. The quantitative estimate of drug-likeness (QED) is 0.643. The van der Waals surface area contributed by atoms with Crippen molar-refractivity contribution in [1.29, 1.82) is 0 Å². The van der Waals surface area contributed by atoms with Crippen LogP contribution in [0.2, 0.25) is 0 Å². The predicted molar refractivity (Wildman–Crippen MR) is 45.8 cm³/mol. The minimum atomic E-state index is -0.212. The van der Waals surface area contributed by atoms with Gasteiger partial charge in [-0.05, 0) is 32.4 Å². The molecule has 66 valence electrons. The summed E-state index contributed by atoms with van der Waals surface area (Å²) in [6, 6.07) is 2.05. The first-order valence-electron chi connectivity index (χ1n) is 3.89. The number of aryl methyl sites for hydroxylation is 2. The molecule has 0 aliphatic carbocycles. The number of ether oxygens (including phenoxy) is 1. The zero-order valence-electron chi connectivity index (χ0n) is 7.57. The lowest BCUT2D eigenvalue weighted by Crippen LogP contribution is -2.08. The molecule has 0 fully saturated rings. The van der Waals surface area contributed by atoms with Crippen molar-refractivity contribution >= 4 is 6.47 Å². The second kappa shape index (κ2) is 3.43. The van der Waals surface area contributed by atoms with Crippen molar-refractivity contribution in [2.75, 3.05) is 0 Å². The van der Waals surface area contributed by atoms with E-state index in [-0.39, 0.29) is 6.23 Å². The molecule has 0 radical (unpaired) electrons. The van der Waals surface area contributed by atoms with Crippen LogP contribution in [0, 0.1) is 13.8 Å². The van der Waals surface area contributed by atoms with Gasteiger partial charge in [0.25, 0.3) is 6.47 Å². The zero-order valence-corrected chi connectivity index (χ0v) is 7.57. The van der Waals surface area contributed by atoms with Crippen molar-refractivity contribution in [3.8, 4) is 0 Å². The molecular formula is C9H13NO2. The highest BCUT2D eigenvalue weighted by atomic mass is 16.5. The first kappa shape index (κ1) is 8.84. The van der Waals surface area contributed by atoms with Gasteiger partial charge < -0.3 is 9.30 Å². The molecule has 12 heavy (non-hydrogen) atoms. The maximum absolute atomic E-state index is 10.1. The van der Waals surface area contributed by atoms with E-state index in [0.29, 0.717) is 6.47 Å². The van der Waals surface area contributed by atoms with Crippen LogP contribution in [0.15, 0.2) is 12.3 Å². The second-order valence-corrected chi connectivity index (χ2v) is 2.90. The van der Waals surface area contributed by atoms with E-state index >= 15 is 0 Å². The van der Waals surface area contributed by atoms with Gasteiger partial charge in [0.1, 0.15) is 0 Å². The van der Waals surface area contributed by atoms with E-state index in [1.165, 1.54) is 5.56 Å². The number of carbonyl (C=O) groups is 1. The number of aromatic nitrogens is 1. The summed E-state index contributed by atoms with van der Waals surface area (Å²) in [6.07, 6.45) is 1.75. The average Bonchev–Trinajstić information content (AvgIpc) is 2.30. The van der Waals surface area contributed by atoms with E-state index in [1.807, 2.05) is 37.6 Å². The Labute approximate surface area is 72.0 Å². The Bertz CT molecular complexity index is 278. The first-order valence-corrected chi connectivity index (χ1v) is 3.89. The molecule has 1 unspecified atom stereocenters. The monoisotopic (exact) mass is 167 g/mol. The fraction of sp³-hybridized carbons (Fsp3) is 0.444. The molecule has 0 aliphatic rings. The summed E-state index contributed by atoms with van der Waals surface area (Å²) in [7, 11) is 0. The lowest BCUT2D eigenvalue weighted by molar-refractivity contribution is -0.136. The van der Waals surface area contributed by atoms with Crippen molar-refractivity contribution in [3.63, 3.8) is 0 Å². The van der Waals surface area contributed by atoms with Gasteiger partial charge in [-0.3, -0.25) is 4.79 Å². The highest BCUT2D eigenvalue weighted by Gasteiger charge is 2.06. The summed E-state index contributed by atoms with van der Waals surface area (Å²) in [4.78, 5) is 10.1. The Kier molecular flexibility index (Phi) is 2.53. The maximum Gasteiger partial charge on any atom is 0.295 e. The van der Waals surface area contributed by atoms with Gasteiger partial charge >= 0.3 is 0 Å². The minimum absolute atomic E-state index is 0.212. The predicted octanol–water partition coefficient (Wildman–Crippen LogP) is 1.80. The highest BCUT2D eigenvalue weighted by Crippen LogP contribution is 2.13. The SMILES string of the molecule is Cc1cc(C)n(C(C)OC=O)c1. The molecule has 0 spiro atoms. The van der Waals surface area contributed by atoms with E-state index < -0.39 is 0 Å². The number of rotatable bonds is 3. The molecule has 0 amide bonds. The molecule has 3 heteroatoms. The smallest absolute Gasteiger partial charge is 0.295 e. The van der Waals surface area contributed by atoms with Gasteiger partial charge in [0.2, 0.25) is 0 Å². The van der Waals surface area contributed by atoms with Crippen LogP contribution in [0.4, 0.5) is 0 Å². The minimum Gasteiger partial charge on any atom is -0.444 e. The summed E-state index contributed by atoms with van der Waals surface area (Å²) >= 11 is 0. The Morgan fingerprint density at radius 1 is 1.58 bits per heavy atom. The lowest BCUT2D eigenvalue weighted by atomic mass is 10.4. The van der Waals surface area contributed by atoms with Crippen molar-refractivity contribution in [1.82, 2.24) is 4.57 Å². The average molecular weight is 167 g/mol. The van der Waals surface area contributed by atoms with Crippen LogP contribution in [-0.2, 0) is 9.53 Å². The molecular weight excluding hydrogens is 154 g/mol. The molecule has 0 saturated carbocycles. The van der Waals surface area contributed by atoms with Crippen LogP contribution >= 0.6 is 0 Å². The van der Waals surface area contributed by atoms with Crippen LogP contribution in [0.1, 0.15) is 24.4 Å². The molecule has 1 aromatic rings. The van der Waals surface area contributed by atoms with Crippen LogP contribution in [0.5, 0.6) is 0 Å². The third-order valence-electron chi connectivity index (χ3n) is 1.83. The first-order chi connectivity index (χ1) is 5.65. The van der Waals surface area contributed by atoms with E-state index in [1.54, 1.807) is 0 Å². The molecule has 0 N–H and O–H groups in total. The van der Waals surface area contributed by atoms with Gasteiger partial charge in [-0.1, -0.05) is 0 Å². The molecule has 0 aromatic carbocycles. The summed E-state index contributed by atoms with van der Waals surface area (Å²) in [5.74, 6) is 0. The van der Waals surface area contributed by atoms with Crippen molar-refractivity contribution in [3.05, 3.63) is 23.5 Å². The van der Waals surface area contributed by atoms with Crippen LogP contribution in [0.3, 0.4) is 0 Å². The van der Waals surface area contributed by atoms with Gasteiger partial charge in [0.05, 0.1) is 0 Å². The van der Waals surface area contributed by atoms with E-state index in [2.05, 4.69) is 0 Å².